The van der Waals surface area contributed by atoms with E-state index in [1.165, 1.54) is 7.11 Å². The summed E-state index contributed by atoms with van der Waals surface area (Å²) in [4.78, 5) is 12.1. The van der Waals surface area contributed by atoms with Crippen LogP contribution >= 0.6 is 0 Å². The molecule has 0 aliphatic carbocycles. The summed E-state index contributed by atoms with van der Waals surface area (Å²) in [7, 11) is 1.44. The van der Waals surface area contributed by atoms with E-state index in [-0.39, 0.29) is 11.9 Å². The Morgan fingerprint density at radius 1 is 1.11 bits per heavy atom. The van der Waals surface area contributed by atoms with Crippen LogP contribution < -0.4 is 5.32 Å². The van der Waals surface area contributed by atoms with E-state index in [0.29, 0.717) is 30.6 Å². The molecule has 2 aromatic carbocycles. The third-order valence-electron chi connectivity index (χ3n) is 4.99. The van der Waals surface area contributed by atoms with Crippen molar-refractivity contribution in [2.45, 2.75) is 32.6 Å². The molecule has 0 saturated heterocycles. The van der Waals surface area contributed by atoms with Gasteiger partial charge in [-0.25, -0.2) is 0 Å². The first-order valence-corrected chi connectivity index (χ1v) is 9.62. The zero-order valence-electron chi connectivity index (χ0n) is 16.5. The molecule has 2 N–H and O–H groups in total. The van der Waals surface area contributed by atoms with Crippen molar-refractivity contribution in [3.05, 3.63) is 65.7 Å². The second-order valence-corrected chi connectivity index (χ2v) is 7.35. The van der Waals surface area contributed by atoms with Gasteiger partial charge in [-0.1, -0.05) is 56.3 Å². The Bertz CT molecular complexity index is 700. The summed E-state index contributed by atoms with van der Waals surface area (Å²) in [6.07, 6.45) is 1.61. The molecule has 0 fully saturated rings. The molecule has 146 valence electrons. The molecular formula is C23H31NO3. The summed E-state index contributed by atoms with van der Waals surface area (Å²) in [5.74, 6) is 0.750. The fraction of sp³-hybridized carbons (Fsp3) is 0.435. The fourth-order valence-corrected chi connectivity index (χ4v) is 3.48. The quantitative estimate of drug-likeness (QED) is 0.488. The SMILES string of the molecule is COC(=O)[C@H](CNCCC(c1cccc(O)c1)C(C)C)Cc1ccccc1. The first kappa shape index (κ1) is 21.0. The van der Waals surface area contributed by atoms with Gasteiger partial charge in [-0.15, -0.1) is 0 Å². The minimum atomic E-state index is -0.198. The van der Waals surface area contributed by atoms with E-state index in [4.69, 9.17) is 4.74 Å². The molecule has 2 rings (SSSR count). The molecule has 0 amide bonds. The van der Waals surface area contributed by atoms with Crippen LogP contribution in [0.15, 0.2) is 54.6 Å². The number of benzene rings is 2. The summed E-state index contributed by atoms with van der Waals surface area (Å²) in [6, 6.07) is 17.5. The molecule has 0 aromatic heterocycles. The van der Waals surface area contributed by atoms with Crippen molar-refractivity contribution in [1.82, 2.24) is 5.32 Å². The lowest BCUT2D eigenvalue weighted by molar-refractivity contribution is -0.145. The highest BCUT2D eigenvalue weighted by atomic mass is 16.5. The third kappa shape index (κ3) is 6.72. The van der Waals surface area contributed by atoms with Gasteiger partial charge < -0.3 is 15.2 Å². The number of aromatic hydroxyl groups is 1. The monoisotopic (exact) mass is 369 g/mol. The Morgan fingerprint density at radius 3 is 2.48 bits per heavy atom. The molecule has 0 saturated carbocycles. The van der Waals surface area contributed by atoms with Gasteiger partial charge in [-0.05, 0) is 54.5 Å². The maximum absolute atomic E-state index is 12.1. The van der Waals surface area contributed by atoms with Gasteiger partial charge in [0.25, 0.3) is 0 Å². The normalized spacial score (nSPS) is 13.3. The summed E-state index contributed by atoms with van der Waals surface area (Å²) < 4.78 is 4.98. The number of hydrogen-bond donors (Lipinski definition) is 2. The second kappa shape index (κ2) is 10.7. The van der Waals surface area contributed by atoms with E-state index in [9.17, 15) is 9.90 Å². The highest BCUT2D eigenvalue weighted by Crippen LogP contribution is 2.29. The number of nitrogens with one attached hydrogen (secondary N) is 1. The Morgan fingerprint density at radius 2 is 1.85 bits per heavy atom. The summed E-state index contributed by atoms with van der Waals surface area (Å²) in [5.41, 5.74) is 2.29. The van der Waals surface area contributed by atoms with Crippen molar-refractivity contribution in [3.63, 3.8) is 0 Å². The Hall–Kier alpha value is -2.33. The predicted molar refractivity (Wildman–Crippen MR) is 109 cm³/mol. The van der Waals surface area contributed by atoms with Crippen molar-refractivity contribution >= 4 is 5.97 Å². The van der Waals surface area contributed by atoms with Crippen molar-refractivity contribution in [3.8, 4) is 5.75 Å². The maximum atomic E-state index is 12.1. The molecule has 2 aromatic rings. The van der Waals surface area contributed by atoms with Gasteiger partial charge in [-0.2, -0.15) is 0 Å². The van der Waals surface area contributed by atoms with E-state index in [0.717, 1.165) is 24.1 Å². The summed E-state index contributed by atoms with van der Waals surface area (Å²) in [5, 5.41) is 13.2. The topological polar surface area (TPSA) is 58.6 Å². The number of rotatable bonds is 10. The van der Waals surface area contributed by atoms with Crippen molar-refractivity contribution in [2.75, 3.05) is 20.2 Å². The number of ether oxygens (including phenoxy) is 1. The summed E-state index contributed by atoms with van der Waals surface area (Å²) in [6.45, 7) is 5.79. The fourth-order valence-electron chi connectivity index (χ4n) is 3.48. The third-order valence-corrected chi connectivity index (χ3v) is 4.99. The molecule has 4 nitrogen and oxygen atoms in total. The van der Waals surface area contributed by atoms with Crippen LogP contribution in [0.4, 0.5) is 0 Å². The molecular weight excluding hydrogens is 338 g/mol. The smallest absolute Gasteiger partial charge is 0.310 e. The van der Waals surface area contributed by atoms with Crippen LogP contribution in [0, 0.1) is 11.8 Å². The van der Waals surface area contributed by atoms with Gasteiger partial charge >= 0.3 is 5.97 Å². The van der Waals surface area contributed by atoms with Crippen molar-refractivity contribution in [1.29, 1.82) is 0 Å². The van der Waals surface area contributed by atoms with Crippen LogP contribution in [-0.4, -0.2) is 31.3 Å². The Balaban J connectivity index is 1.90. The number of carbonyl (C=O) groups excluding carboxylic acids is 1. The Labute approximate surface area is 162 Å². The predicted octanol–water partition coefficient (Wildman–Crippen LogP) is 4.14. The van der Waals surface area contributed by atoms with Crippen LogP contribution in [0.2, 0.25) is 0 Å². The van der Waals surface area contributed by atoms with Crippen molar-refractivity contribution < 1.29 is 14.6 Å². The second-order valence-electron chi connectivity index (χ2n) is 7.35. The number of phenols is 1. The lowest BCUT2D eigenvalue weighted by Gasteiger charge is -2.22. The number of esters is 1. The molecule has 0 spiro atoms. The molecule has 0 radical (unpaired) electrons. The van der Waals surface area contributed by atoms with Gasteiger partial charge in [0.2, 0.25) is 0 Å². The highest BCUT2D eigenvalue weighted by Gasteiger charge is 2.20. The first-order chi connectivity index (χ1) is 13.0. The average Bonchev–Trinajstić information content (AvgIpc) is 2.66. The van der Waals surface area contributed by atoms with Crippen LogP contribution in [0.3, 0.4) is 0 Å². The van der Waals surface area contributed by atoms with Crippen LogP contribution in [0.5, 0.6) is 5.75 Å². The zero-order valence-corrected chi connectivity index (χ0v) is 16.5. The van der Waals surface area contributed by atoms with E-state index in [2.05, 4.69) is 25.2 Å². The zero-order chi connectivity index (χ0) is 19.6. The molecule has 0 bridgehead atoms. The maximum Gasteiger partial charge on any atom is 0.310 e. The van der Waals surface area contributed by atoms with Crippen LogP contribution in [0.25, 0.3) is 0 Å². The largest absolute Gasteiger partial charge is 0.508 e. The minimum absolute atomic E-state index is 0.181. The molecule has 0 aliphatic heterocycles. The lowest BCUT2D eigenvalue weighted by Crippen LogP contribution is -2.32. The van der Waals surface area contributed by atoms with E-state index in [1.807, 2.05) is 42.5 Å². The number of carbonyl (C=O) groups is 1. The van der Waals surface area contributed by atoms with E-state index < -0.39 is 0 Å². The van der Waals surface area contributed by atoms with Crippen LogP contribution in [-0.2, 0) is 16.0 Å². The van der Waals surface area contributed by atoms with E-state index in [1.54, 1.807) is 6.07 Å². The van der Waals surface area contributed by atoms with Gasteiger partial charge in [0.15, 0.2) is 0 Å². The van der Waals surface area contributed by atoms with Gasteiger partial charge in [0.05, 0.1) is 13.0 Å². The Kier molecular flexibility index (Phi) is 8.34. The number of hydrogen-bond acceptors (Lipinski definition) is 4. The van der Waals surface area contributed by atoms with Gasteiger partial charge in [-0.3, -0.25) is 4.79 Å². The number of phenolic OH excluding ortho intramolecular Hbond substituents is 1. The molecule has 4 heteroatoms. The summed E-state index contributed by atoms with van der Waals surface area (Å²) >= 11 is 0. The van der Waals surface area contributed by atoms with Crippen molar-refractivity contribution in [2.24, 2.45) is 11.8 Å². The van der Waals surface area contributed by atoms with Gasteiger partial charge in [0, 0.05) is 6.54 Å². The molecule has 1 unspecified atom stereocenters. The lowest BCUT2D eigenvalue weighted by atomic mass is 9.85. The molecule has 0 aliphatic rings. The van der Waals surface area contributed by atoms with E-state index >= 15 is 0 Å². The van der Waals surface area contributed by atoms with Crippen LogP contribution in [0.1, 0.15) is 37.3 Å². The average molecular weight is 370 g/mol. The molecule has 27 heavy (non-hydrogen) atoms. The minimum Gasteiger partial charge on any atom is -0.508 e. The standard InChI is InChI=1S/C23H31NO3/c1-17(2)22(19-10-7-11-21(25)15-19)12-13-24-16-20(23(26)27-3)14-18-8-5-4-6-9-18/h4-11,15,17,20,22,24-25H,12-14,16H2,1-3H3/t20-,22?/m0/s1. The molecule has 0 heterocycles. The molecule has 2 atom stereocenters. The van der Waals surface area contributed by atoms with Gasteiger partial charge in [0.1, 0.15) is 5.75 Å². The first-order valence-electron chi connectivity index (χ1n) is 9.62. The number of methoxy groups -OCH3 is 1. The highest BCUT2D eigenvalue weighted by molar-refractivity contribution is 5.73.